The van der Waals surface area contributed by atoms with Crippen LogP contribution in [0.25, 0.3) is 0 Å². The van der Waals surface area contributed by atoms with Gasteiger partial charge in [0.25, 0.3) is 5.91 Å². The molecule has 2 aliphatic rings. The van der Waals surface area contributed by atoms with E-state index in [2.05, 4.69) is 20.5 Å². The number of aromatic nitrogens is 1. The first kappa shape index (κ1) is 23.1. The molecule has 0 aromatic carbocycles. The molecule has 4 amide bonds. The molecule has 12 nitrogen and oxygen atoms in total. The van der Waals surface area contributed by atoms with Crippen LogP contribution in [0.1, 0.15) is 20.4 Å². The number of hydrogen-bond acceptors (Lipinski definition) is 9. The molecule has 14 heteroatoms. The summed E-state index contributed by atoms with van der Waals surface area (Å²) in [6.07, 6.45) is 0.717. The zero-order valence-corrected chi connectivity index (χ0v) is 18.6. The Bertz CT molecular complexity index is 993. The van der Waals surface area contributed by atoms with Crippen molar-refractivity contribution in [1.82, 2.24) is 25.4 Å². The lowest BCUT2D eigenvalue weighted by Gasteiger charge is -2.30. The Balaban J connectivity index is 1.72. The molecule has 1 saturated heterocycles. The Morgan fingerprint density at radius 3 is 2.52 bits per heavy atom. The van der Waals surface area contributed by atoms with Gasteiger partial charge in [-0.05, 0) is 7.05 Å². The minimum Gasteiger partial charge on any atom is -0.361 e. The highest BCUT2D eigenvalue weighted by Gasteiger charge is 2.32. The van der Waals surface area contributed by atoms with Crippen molar-refractivity contribution in [3.8, 4) is 0 Å². The third-order valence-electron chi connectivity index (χ3n) is 5.07. The third-order valence-corrected chi connectivity index (χ3v) is 7.76. The van der Waals surface area contributed by atoms with Gasteiger partial charge in [0.05, 0.1) is 17.2 Å². The molecule has 0 aliphatic carbocycles. The second kappa shape index (κ2) is 9.28. The lowest BCUT2D eigenvalue weighted by Crippen LogP contribution is -2.57. The number of nitrogens with zero attached hydrogens (tertiary/aromatic N) is 3. The number of carbonyl (C=O) groups excluding carboxylic acids is 4. The van der Waals surface area contributed by atoms with E-state index in [1.54, 1.807) is 0 Å². The molecule has 31 heavy (non-hydrogen) atoms. The molecule has 1 atom stereocenters. The van der Waals surface area contributed by atoms with Crippen molar-refractivity contribution in [2.45, 2.75) is 19.0 Å². The fourth-order valence-corrected chi connectivity index (χ4v) is 5.57. The van der Waals surface area contributed by atoms with Gasteiger partial charge < -0.3 is 26.2 Å². The molecule has 1 aromatic heterocycles. The van der Waals surface area contributed by atoms with Gasteiger partial charge in [-0.15, -0.1) is 11.3 Å². The molecule has 1 aromatic rings. The van der Waals surface area contributed by atoms with Gasteiger partial charge in [-0.25, -0.2) is 13.4 Å². The van der Waals surface area contributed by atoms with Gasteiger partial charge in [0.2, 0.25) is 5.91 Å². The van der Waals surface area contributed by atoms with E-state index in [0.717, 1.165) is 23.5 Å². The minimum atomic E-state index is -3.21. The van der Waals surface area contributed by atoms with Gasteiger partial charge in [-0.2, -0.15) is 0 Å². The number of thiazole rings is 1. The van der Waals surface area contributed by atoms with Crippen molar-refractivity contribution in [2.75, 3.05) is 44.7 Å². The standard InChI is InChI=1S/C17H24N6O6S2/c1-22-3-2-10-12(9-22)30-16(21-10)15(26)20-11(8-19-14(25)13(18)24)17(27)23-4-6-31(28,29)7-5-23/h11H,2-9H2,1H3,(H2,18,24)(H,19,25)(H,20,26). The van der Waals surface area contributed by atoms with E-state index in [1.807, 2.05) is 7.05 Å². The van der Waals surface area contributed by atoms with Crippen molar-refractivity contribution in [3.63, 3.8) is 0 Å². The minimum absolute atomic E-state index is 0.0187. The Kier molecular flexibility index (Phi) is 6.91. The number of primary amides is 1. The van der Waals surface area contributed by atoms with Crippen molar-refractivity contribution in [2.24, 2.45) is 5.73 Å². The first-order valence-electron chi connectivity index (χ1n) is 9.60. The van der Waals surface area contributed by atoms with Crippen LogP contribution in [0.2, 0.25) is 0 Å². The number of sulfone groups is 1. The average Bonchev–Trinajstić information content (AvgIpc) is 3.13. The third kappa shape index (κ3) is 5.77. The summed E-state index contributed by atoms with van der Waals surface area (Å²) in [5, 5.41) is 4.96. The fraction of sp³-hybridized carbons (Fsp3) is 0.588. The molecule has 2 aliphatic heterocycles. The van der Waals surface area contributed by atoms with Crippen LogP contribution in [0.3, 0.4) is 0 Å². The molecule has 0 radical (unpaired) electrons. The van der Waals surface area contributed by atoms with E-state index in [0.29, 0.717) is 6.54 Å². The molecule has 0 bridgehead atoms. The Labute approximate surface area is 183 Å². The predicted molar refractivity (Wildman–Crippen MR) is 111 cm³/mol. The number of carbonyl (C=O) groups is 4. The van der Waals surface area contributed by atoms with Crippen LogP contribution < -0.4 is 16.4 Å². The Morgan fingerprint density at radius 1 is 1.19 bits per heavy atom. The molecular formula is C17H24N6O6S2. The molecule has 3 rings (SSSR count). The van der Waals surface area contributed by atoms with Crippen LogP contribution in [-0.4, -0.2) is 97.6 Å². The van der Waals surface area contributed by atoms with Crippen molar-refractivity contribution < 1.29 is 27.6 Å². The van der Waals surface area contributed by atoms with E-state index in [-0.39, 0.29) is 36.1 Å². The molecule has 170 valence electrons. The van der Waals surface area contributed by atoms with Gasteiger partial charge in [-0.3, -0.25) is 19.2 Å². The van der Waals surface area contributed by atoms with Crippen LogP contribution in [0.5, 0.6) is 0 Å². The lowest BCUT2D eigenvalue weighted by atomic mass is 10.2. The highest BCUT2D eigenvalue weighted by atomic mass is 32.2. The van der Waals surface area contributed by atoms with Gasteiger partial charge in [0.1, 0.15) is 6.04 Å². The molecule has 1 fully saturated rings. The zero-order chi connectivity index (χ0) is 22.8. The summed E-state index contributed by atoms with van der Waals surface area (Å²) < 4.78 is 23.3. The summed E-state index contributed by atoms with van der Waals surface area (Å²) in [6.45, 7) is 1.10. The van der Waals surface area contributed by atoms with Crippen LogP contribution in [0.15, 0.2) is 0 Å². The van der Waals surface area contributed by atoms with E-state index >= 15 is 0 Å². The number of nitrogens with one attached hydrogen (secondary N) is 2. The highest BCUT2D eigenvalue weighted by molar-refractivity contribution is 7.91. The number of nitrogens with two attached hydrogens (primary N) is 1. The van der Waals surface area contributed by atoms with Crippen LogP contribution in [-0.2, 0) is 37.2 Å². The molecule has 0 spiro atoms. The van der Waals surface area contributed by atoms with Gasteiger partial charge in [-0.1, -0.05) is 0 Å². The topological polar surface area (TPSA) is 172 Å². The lowest BCUT2D eigenvalue weighted by molar-refractivity contribution is -0.138. The molecule has 3 heterocycles. The van der Waals surface area contributed by atoms with E-state index in [1.165, 1.54) is 16.2 Å². The van der Waals surface area contributed by atoms with Crippen molar-refractivity contribution in [1.29, 1.82) is 0 Å². The number of rotatable bonds is 5. The largest absolute Gasteiger partial charge is 0.361 e. The summed E-state index contributed by atoms with van der Waals surface area (Å²) in [4.78, 5) is 57.0. The summed E-state index contributed by atoms with van der Waals surface area (Å²) >= 11 is 1.24. The highest BCUT2D eigenvalue weighted by Crippen LogP contribution is 2.24. The summed E-state index contributed by atoms with van der Waals surface area (Å²) in [5.41, 5.74) is 5.76. The number of likely N-dealkylation sites (N-methyl/N-ethyl adjacent to an activating group) is 1. The smallest absolute Gasteiger partial charge is 0.309 e. The maximum absolute atomic E-state index is 12.9. The number of amides is 4. The maximum Gasteiger partial charge on any atom is 0.309 e. The van der Waals surface area contributed by atoms with Gasteiger partial charge >= 0.3 is 11.8 Å². The Morgan fingerprint density at radius 2 is 1.87 bits per heavy atom. The van der Waals surface area contributed by atoms with Crippen LogP contribution in [0.4, 0.5) is 0 Å². The van der Waals surface area contributed by atoms with Crippen molar-refractivity contribution in [3.05, 3.63) is 15.6 Å². The Hall–Kier alpha value is -2.58. The van der Waals surface area contributed by atoms with E-state index in [9.17, 15) is 27.6 Å². The average molecular weight is 473 g/mol. The predicted octanol–water partition coefficient (Wildman–Crippen LogP) is -2.91. The summed E-state index contributed by atoms with van der Waals surface area (Å²) in [7, 11) is -1.24. The monoisotopic (exact) mass is 472 g/mol. The summed E-state index contributed by atoms with van der Waals surface area (Å²) in [6, 6.07) is -1.21. The first-order chi connectivity index (χ1) is 14.6. The molecule has 4 N–H and O–H groups in total. The molecular weight excluding hydrogens is 448 g/mol. The number of fused-ring (bicyclic) bond motifs is 1. The maximum atomic E-state index is 12.9. The quantitative estimate of drug-likeness (QED) is 0.383. The van der Waals surface area contributed by atoms with E-state index < -0.39 is 39.5 Å². The van der Waals surface area contributed by atoms with Gasteiger partial charge in [0, 0.05) is 44.0 Å². The van der Waals surface area contributed by atoms with E-state index in [4.69, 9.17) is 5.73 Å². The van der Waals surface area contributed by atoms with Gasteiger partial charge in [0.15, 0.2) is 14.8 Å². The summed E-state index contributed by atoms with van der Waals surface area (Å²) in [5.74, 6) is -3.83. The van der Waals surface area contributed by atoms with Crippen molar-refractivity contribution >= 4 is 44.8 Å². The SMILES string of the molecule is CN1CCc2nc(C(=O)NC(CNC(=O)C(N)=O)C(=O)N3CCS(=O)(=O)CC3)sc2C1. The molecule has 1 unspecified atom stereocenters. The normalized spacial score (nSPS) is 19.2. The second-order valence-corrected chi connectivity index (χ2v) is 10.8. The number of hydrogen-bond donors (Lipinski definition) is 3. The zero-order valence-electron chi connectivity index (χ0n) is 16.9. The fourth-order valence-electron chi connectivity index (χ4n) is 3.28. The first-order valence-corrected chi connectivity index (χ1v) is 12.2. The molecule has 0 saturated carbocycles. The van der Waals surface area contributed by atoms with Crippen LogP contribution >= 0.6 is 11.3 Å². The second-order valence-electron chi connectivity index (χ2n) is 7.45. The van der Waals surface area contributed by atoms with Crippen LogP contribution in [0, 0.1) is 0 Å².